The third-order valence-electron chi connectivity index (χ3n) is 7.17. The molecule has 1 saturated heterocycles. The smallest absolute Gasteiger partial charge is 0.251 e. The summed E-state index contributed by atoms with van der Waals surface area (Å²) in [5, 5.41) is 54.5. The van der Waals surface area contributed by atoms with Crippen molar-refractivity contribution >= 4 is 23.1 Å². The van der Waals surface area contributed by atoms with Gasteiger partial charge in [-0.3, -0.25) is 10.2 Å². The zero-order valence-electron chi connectivity index (χ0n) is 24.0. The second kappa shape index (κ2) is 14.2. The lowest BCUT2D eigenvalue weighted by Gasteiger charge is -2.39. The maximum Gasteiger partial charge on any atom is 0.251 e. The lowest BCUT2D eigenvalue weighted by molar-refractivity contribution is -0.277. The molecule has 0 saturated carbocycles. The number of ether oxygens (including phenoxy) is 3. The summed E-state index contributed by atoms with van der Waals surface area (Å²) in [6, 6.07) is 28.2. The summed E-state index contributed by atoms with van der Waals surface area (Å²) < 4.78 is 17.3. The Balaban J connectivity index is 1.42. The van der Waals surface area contributed by atoms with Gasteiger partial charge in [-0.15, -0.1) is 0 Å². The van der Waals surface area contributed by atoms with E-state index < -0.39 is 49.3 Å². The summed E-state index contributed by atoms with van der Waals surface area (Å²) in [6.45, 7) is -0.624. The number of para-hydroxylation sites is 2. The van der Waals surface area contributed by atoms with Crippen LogP contribution in [0.15, 0.2) is 103 Å². The number of hydrogen-bond acceptors (Lipinski definition) is 10. The highest BCUT2D eigenvalue weighted by atomic mass is 16.7. The summed E-state index contributed by atoms with van der Waals surface area (Å²) >= 11 is 0. The Kier molecular flexibility index (Phi) is 9.92. The van der Waals surface area contributed by atoms with Crippen molar-refractivity contribution in [2.24, 2.45) is 5.73 Å². The molecule has 9 N–H and O–H groups in total. The van der Waals surface area contributed by atoms with E-state index in [2.05, 4.69) is 10.6 Å². The molecule has 0 aromatic heterocycles. The number of nitrogen functional groups attached to an aromatic ring is 1. The molecular weight excluding hydrogens is 580 g/mol. The van der Waals surface area contributed by atoms with Crippen molar-refractivity contribution in [3.8, 4) is 17.2 Å². The molecule has 0 radical (unpaired) electrons. The molecular formula is C33H34N4O8. The number of benzene rings is 4. The van der Waals surface area contributed by atoms with Crippen LogP contribution >= 0.6 is 0 Å². The summed E-state index contributed by atoms with van der Waals surface area (Å²) in [5.41, 5.74) is 7.43. The molecule has 0 aliphatic carbocycles. The molecule has 5 rings (SSSR count). The Bertz CT molecular complexity index is 1600. The highest BCUT2D eigenvalue weighted by molar-refractivity contribution is 5.99. The summed E-state index contributed by atoms with van der Waals surface area (Å²) in [6.07, 6.45) is -7.50. The molecule has 0 bridgehead atoms. The molecule has 0 spiro atoms. The largest absolute Gasteiger partial charge is 0.462 e. The van der Waals surface area contributed by atoms with Crippen molar-refractivity contribution in [3.05, 3.63) is 114 Å². The number of aliphatic hydroxyl groups excluding tert-OH is 4. The van der Waals surface area contributed by atoms with Crippen molar-refractivity contribution in [3.63, 3.8) is 0 Å². The van der Waals surface area contributed by atoms with Crippen molar-refractivity contribution in [2.45, 2.75) is 36.7 Å². The Morgan fingerprint density at radius 1 is 0.844 bits per heavy atom. The summed E-state index contributed by atoms with van der Waals surface area (Å²) in [7, 11) is 0. The molecule has 234 valence electrons. The minimum Gasteiger partial charge on any atom is -0.462 e. The van der Waals surface area contributed by atoms with Crippen LogP contribution in [-0.2, 0) is 9.53 Å². The minimum absolute atomic E-state index is 0.129. The Morgan fingerprint density at radius 3 is 2.24 bits per heavy atom. The first-order chi connectivity index (χ1) is 21.7. The first-order valence-electron chi connectivity index (χ1n) is 14.1. The zero-order valence-corrected chi connectivity index (χ0v) is 24.0. The number of carbonyl (C=O) groups is 1. The van der Waals surface area contributed by atoms with Gasteiger partial charge in [0.05, 0.1) is 6.61 Å². The number of rotatable bonds is 11. The maximum absolute atomic E-state index is 13.9. The van der Waals surface area contributed by atoms with E-state index in [0.29, 0.717) is 34.0 Å². The van der Waals surface area contributed by atoms with Gasteiger partial charge in [-0.05, 0) is 54.6 Å². The van der Waals surface area contributed by atoms with E-state index in [1.54, 1.807) is 72.8 Å². The Labute approximate surface area is 259 Å². The fraction of sp³-hybridized carbons (Fsp3) is 0.212. The van der Waals surface area contributed by atoms with Crippen LogP contribution in [0.5, 0.6) is 17.2 Å². The molecule has 1 aliphatic heterocycles. The number of nitrogens with two attached hydrogens (primary N) is 1. The number of amides is 1. The van der Waals surface area contributed by atoms with E-state index in [4.69, 9.17) is 25.4 Å². The first-order valence-corrected chi connectivity index (χ1v) is 14.1. The van der Waals surface area contributed by atoms with Crippen LogP contribution in [0.25, 0.3) is 0 Å². The van der Waals surface area contributed by atoms with Crippen LogP contribution in [0, 0.1) is 5.41 Å². The van der Waals surface area contributed by atoms with Gasteiger partial charge in [0.15, 0.2) is 0 Å². The predicted octanol–water partition coefficient (Wildman–Crippen LogP) is 2.73. The van der Waals surface area contributed by atoms with Gasteiger partial charge in [0.1, 0.15) is 53.5 Å². The third-order valence-corrected chi connectivity index (χ3v) is 7.17. The minimum atomic E-state index is -1.65. The zero-order chi connectivity index (χ0) is 31.9. The molecule has 12 heteroatoms. The van der Waals surface area contributed by atoms with E-state index in [0.717, 1.165) is 0 Å². The van der Waals surface area contributed by atoms with Crippen molar-refractivity contribution < 1.29 is 39.4 Å². The van der Waals surface area contributed by atoms with Crippen molar-refractivity contribution in [1.82, 2.24) is 0 Å². The number of hydrogen-bond donors (Lipinski definition) is 8. The first kappa shape index (κ1) is 31.4. The number of amidine groups is 1. The Morgan fingerprint density at radius 2 is 1.53 bits per heavy atom. The van der Waals surface area contributed by atoms with Gasteiger partial charge < -0.3 is 51.0 Å². The van der Waals surface area contributed by atoms with Gasteiger partial charge in [0.2, 0.25) is 6.29 Å². The number of anilines is 2. The van der Waals surface area contributed by atoms with Gasteiger partial charge in [-0.25, -0.2) is 0 Å². The second-order valence-electron chi connectivity index (χ2n) is 10.4. The van der Waals surface area contributed by atoms with E-state index in [1.807, 2.05) is 30.3 Å². The SMILES string of the molecule is N=C(N)c1cccc(NC(C(=O)Nc2ccc(Oc3ccccc3)cc2)c2ccccc2OC2OC(CO)C(O)C(O)C2O)c1. The molecule has 1 amide bonds. The lowest BCUT2D eigenvalue weighted by Crippen LogP contribution is -2.60. The molecule has 12 nitrogen and oxygen atoms in total. The van der Waals surface area contributed by atoms with Gasteiger partial charge in [-0.2, -0.15) is 0 Å². The average Bonchev–Trinajstić information content (AvgIpc) is 3.05. The average molecular weight is 615 g/mol. The van der Waals surface area contributed by atoms with E-state index in [1.165, 1.54) is 0 Å². The molecule has 4 aromatic carbocycles. The van der Waals surface area contributed by atoms with Gasteiger partial charge >= 0.3 is 0 Å². The normalized spacial score (nSPS) is 21.7. The predicted molar refractivity (Wildman–Crippen MR) is 166 cm³/mol. The van der Waals surface area contributed by atoms with Gasteiger partial charge in [0.25, 0.3) is 5.91 Å². The number of carbonyl (C=O) groups excluding carboxylic acids is 1. The highest BCUT2D eigenvalue weighted by Crippen LogP contribution is 2.33. The van der Waals surface area contributed by atoms with Crippen LogP contribution in [-0.4, -0.2) is 69.5 Å². The summed E-state index contributed by atoms with van der Waals surface area (Å²) in [4.78, 5) is 13.9. The molecule has 45 heavy (non-hydrogen) atoms. The molecule has 6 unspecified atom stereocenters. The van der Waals surface area contributed by atoms with Crippen molar-refractivity contribution in [2.75, 3.05) is 17.2 Å². The molecule has 1 fully saturated rings. The van der Waals surface area contributed by atoms with E-state index in [9.17, 15) is 25.2 Å². The van der Waals surface area contributed by atoms with Crippen LogP contribution in [0.1, 0.15) is 17.2 Å². The maximum atomic E-state index is 13.9. The molecule has 4 aromatic rings. The molecule has 1 aliphatic rings. The monoisotopic (exact) mass is 614 g/mol. The lowest BCUT2D eigenvalue weighted by atomic mass is 9.99. The van der Waals surface area contributed by atoms with E-state index in [-0.39, 0.29) is 11.6 Å². The number of aliphatic hydroxyl groups is 4. The fourth-order valence-electron chi connectivity index (χ4n) is 4.79. The second-order valence-corrected chi connectivity index (χ2v) is 10.4. The topological polar surface area (TPSA) is 200 Å². The number of nitrogens with one attached hydrogen (secondary N) is 3. The third kappa shape index (κ3) is 7.58. The highest BCUT2D eigenvalue weighted by Gasteiger charge is 2.45. The standard InChI is InChI=1S/C33H34N4O8/c34-31(35)19-7-6-8-21(17-19)36-27(32(42)37-20-13-15-23(16-14-20)43-22-9-2-1-3-10-22)24-11-4-5-12-25(24)44-33-30(41)29(40)28(39)26(18-38)45-33/h1-17,26-30,33,36,38-41H,18H2,(H3,34,35)(H,37,42). The van der Waals surface area contributed by atoms with Crippen LogP contribution in [0.4, 0.5) is 11.4 Å². The van der Waals surface area contributed by atoms with E-state index >= 15 is 0 Å². The van der Waals surface area contributed by atoms with Crippen LogP contribution in [0.2, 0.25) is 0 Å². The van der Waals surface area contributed by atoms with Gasteiger partial charge in [-0.1, -0.05) is 48.5 Å². The fourth-order valence-corrected chi connectivity index (χ4v) is 4.79. The molecule has 1 heterocycles. The van der Waals surface area contributed by atoms with Crippen LogP contribution < -0.4 is 25.8 Å². The van der Waals surface area contributed by atoms with Gasteiger partial charge in [0, 0.05) is 22.5 Å². The van der Waals surface area contributed by atoms with Crippen LogP contribution in [0.3, 0.4) is 0 Å². The molecule has 6 atom stereocenters. The van der Waals surface area contributed by atoms with Crippen molar-refractivity contribution in [1.29, 1.82) is 5.41 Å². The summed E-state index contributed by atoms with van der Waals surface area (Å²) in [5.74, 6) is 0.743. The Hall–Kier alpha value is -4.98. The quantitative estimate of drug-likeness (QED) is 0.0918.